The molecule has 4 aromatic rings. The van der Waals surface area contributed by atoms with E-state index >= 15 is 0 Å². The molecule has 1 aliphatic heterocycles. The van der Waals surface area contributed by atoms with Crippen molar-refractivity contribution in [2.45, 2.75) is 62.6 Å². The second-order valence-electron chi connectivity index (χ2n) is 13.4. The number of benzene rings is 4. The number of nitrogens with one attached hydrogen (secondary N) is 2. The predicted molar refractivity (Wildman–Crippen MR) is 199 cm³/mol. The van der Waals surface area contributed by atoms with Gasteiger partial charge in [0, 0.05) is 18.4 Å². The van der Waals surface area contributed by atoms with Gasteiger partial charge in [-0.25, -0.2) is 14.4 Å². The molecular formula is C42H42N2O12. The van der Waals surface area contributed by atoms with Crippen LogP contribution in [-0.2, 0) is 33.3 Å². The third kappa shape index (κ3) is 9.12. The van der Waals surface area contributed by atoms with E-state index in [0.29, 0.717) is 5.56 Å². The first-order valence-electron chi connectivity index (χ1n) is 18.0. The van der Waals surface area contributed by atoms with Crippen LogP contribution in [-0.4, -0.2) is 103 Å². The second-order valence-corrected chi connectivity index (χ2v) is 13.4. The van der Waals surface area contributed by atoms with E-state index in [-0.39, 0.29) is 18.1 Å². The number of ether oxygens (including phenoxy) is 5. The lowest BCUT2D eigenvalue weighted by Crippen LogP contribution is -2.66. The number of ketones is 1. The van der Waals surface area contributed by atoms with Gasteiger partial charge in [-0.05, 0) is 41.3 Å². The zero-order valence-corrected chi connectivity index (χ0v) is 30.6. The van der Waals surface area contributed by atoms with Gasteiger partial charge in [-0.2, -0.15) is 0 Å². The fourth-order valence-electron chi connectivity index (χ4n) is 6.84. The summed E-state index contributed by atoms with van der Waals surface area (Å²) in [5.41, 5.74) is 4.42. The number of Topliss-reactive ketones (excluding diaryl/α,β-unsaturated/α-hetero) is 1. The van der Waals surface area contributed by atoms with Crippen LogP contribution in [0, 0.1) is 0 Å². The molecule has 0 bridgehead atoms. The van der Waals surface area contributed by atoms with Crippen LogP contribution >= 0.6 is 0 Å². The van der Waals surface area contributed by atoms with Crippen LogP contribution in [0.4, 0.5) is 4.79 Å². The fourth-order valence-corrected chi connectivity index (χ4v) is 6.84. The Morgan fingerprint density at radius 1 is 0.786 bits per heavy atom. The lowest BCUT2D eigenvalue weighted by atomic mass is 9.96. The lowest BCUT2D eigenvalue weighted by molar-refractivity contribution is -0.281. The monoisotopic (exact) mass is 766 g/mol. The summed E-state index contributed by atoms with van der Waals surface area (Å²) in [6, 6.07) is 28.6. The summed E-state index contributed by atoms with van der Waals surface area (Å²) in [5.74, 6) is -3.30. The average molecular weight is 767 g/mol. The van der Waals surface area contributed by atoms with Gasteiger partial charge in [0.1, 0.15) is 24.9 Å². The highest BCUT2D eigenvalue weighted by atomic mass is 16.7. The van der Waals surface area contributed by atoms with Crippen molar-refractivity contribution in [3.63, 3.8) is 0 Å². The summed E-state index contributed by atoms with van der Waals surface area (Å²) >= 11 is 0. The summed E-state index contributed by atoms with van der Waals surface area (Å²) in [7, 11) is 0. The number of rotatable bonds is 14. The summed E-state index contributed by atoms with van der Waals surface area (Å²) in [5, 5.41) is 26.3. The Labute approximate surface area is 322 Å². The SMILES string of the molecule is CC(=O)N[C@H]1[C@@H](O[C@H](C)[C@H](NC(=O)OCC2c3ccccc3-c3ccccc32)C(=O)OCC(=O)c2ccccc2)O[C@H](CO)[C@H](O)[C@@H]1OC(=O)c1ccccc1. The van der Waals surface area contributed by atoms with Crippen molar-refractivity contribution >= 4 is 29.7 Å². The maximum Gasteiger partial charge on any atom is 0.407 e. The number of amides is 2. The molecule has 14 nitrogen and oxygen atoms in total. The Hall–Kier alpha value is -5.93. The van der Waals surface area contributed by atoms with Crippen LogP contribution in [0.2, 0.25) is 0 Å². The van der Waals surface area contributed by atoms with Crippen LogP contribution in [0.25, 0.3) is 11.1 Å². The Morgan fingerprint density at radius 2 is 1.36 bits per heavy atom. The van der Waals surface area contributed by atoms with Crippen molar-refractivity contribution in [2.24, 2.45) is 0 Å². The topological polar surface area (TPSA) is 196 Å². The molecule has 2 amide bonds. The third-order valence-electron chi connectivity index (χ3n) is 9.61. The minimum atomic E-state index is -1.62. The van der Waals surface area contributed by atoms with Crippen molar-refractivity contribution < 1.29 is 57.9 Å². The summed E-state index contributed by atoms with van der Waals surface area (Å²) in [6.45, 7) is 1.09. The molecule has 1 heterocycles. The quantitative estimate of drug-likeness (QED) is 0.0830. The Balaban J connectivity index is 1.22. The van der Waals surface area contributed by atoms with E-state index in [1.54, 1.807) is 48.5 Å². The van der Waals surface area contributed by atoms with E-state index in [0.717, 1.165) is 22.3 Å². The summed E-state index contributed by atoms with van der Waals surface area (Å²) in [6.07, 6.45) is -8.39. The van der Waals surface area contributed by atoms with Gasteiger partial charge in [0.05, 0.1) is 18.3 Å². The molecule has 0 unspecified atom stereocenters. The molecular weight excluding hydrogens is 724 g/mol. The molecule has 1 fully saturated rings. The maximum atomic E-state index is 13.7. The Morgan fingerprint density at radius 3 is 1.95 bits per heavy atom. The lowest BCUT2D eigenvalue weighted by Gasteiger charge is -2.44. The molecule has 4 aromatic carbocycles. The largest absolute Gasteiger partial charge is 0.456 e. The van der Waals surface area contributed by atoms with Crippen molar-refractivity contribution in [3.05, 3.63) is 131 Å². The predicted octanol–water partition coefficient (Wildman–Crippen LogP) is 3.53. The highest BCUT2D eigenvalue weighted by Crippen LogP contribution is 2.44. The van der Waals surface area contributed by atoms with Crippen LogP contribution in [0.5, 0.6) is 0 Å². The molecule has 14 heteroatoms. The first kappa shape index (κ1) is 39.8. The number of hydrogen-bond donors (Lipinski definition) is 4. The van der Waals surface area contributed by atoms with Gasteiger partial charge in [0.25, 0.3) is 0 Å². The number of carbonyl (C=O) groups excluding carboxylic acids is 5. The highest BCUT2D eigenvalue weighted by Gasteiger charge is 2.50. The number of aliphatic hydroxyl groups is 2. The molecule has 0 aromatic heterocycles. The minimum absolute atomic E-state index is 0.0791. The molecule has 0 radical (unpaired) electrons. The zero-order chi connectivity index (χ0) is 39.8. The molecule has 56 heavy (non-hydrogen) atoms. The van der Waals surface area contributed by atoms with Gasteiger partial charge >= 0.3 is 18.0 Å². The number of fused-ring (bicyclic) bond motifs is 3. The fraction of sp³-hybridized carbons (Fsp3) is 0.310. The Kier molecular flexibility index (Phi) is 12.9. The van der Waals surface area contributed by atoms with Crippen LogP contribution in [0.3, 0.4) is 0 Å². The van der Waals surface area contributed by atoms with Crippen molar-refractivity contribution in [3.8, 4) is 11.1 Å². The average Bonchev–Trinajstić information content (AvgIpc) is 3.54. The molecule has 1 saturated heterocycles. The molecule has 6 rings (SSSR count). The van der Waals surface area contributed by atoms with E-state index in [2.05, 4.69) is 10.6 Å². The number of carbonyl (C=O) groups is 5. The van der Waals surface area contributed by atoms with Crippen LogP contribution < -0.4 is 10.6 Å². The normalized spacial score (nSPS) is 21.0. The van der Waals surface area contributed by atoms with E-state index in [4.69, 9.17) is 23.7 Å². The third-order valence-corrected chi connectivity index (χ3v) is 9.61. The van der Waals surface area contributed by atoms with Crippen molar-refractivity contribution in [1.29, 1.82) is 0 Å². The highest BCUT2D eigenvalue weighted by molar-refractivity contribution is 5.98. The van der Waals surface area contributed by atoms with E-state index in [9.17, 15) is 34.2 Å². The van der Waals surface area contributed by atoms with Gasteiger partial charge in [-0.1, -0.05) is 97.1 Å². The Bertz CT molecular complexity index is 1980. The van der Waals surface area contributed by atoms with Crippen LogP contribution in [0.15, 0.2) is 109 Å². The molecule has 2 aliphatic rings. The van der Waals surface area contributed by atoms with Crippen molar-refractivity contribution in [1.82, 2.24) is 10.6 Å². The molecule has 0 saturated carbocycles. The van der Waals surface area contributed by atoms with Gasteiger partial charge in [0.2, 0.25) is 5.91 Å². The van der Waals surface area contributed by atoms with Gasteiger partial charge in [-0.3, -0.25) is 9.59 Å². The summed E-state index contributed by atoms with van der Waals surface area (Å²) in [4.78, 5) is 65.5. The summed E-state index contributed by atoms with van der Waals surface area (Å²) < 4.78 is 28.7. The molecule has 7 atom stereocenters. The van der Waals surface area contributed by atoms with E-state index in [1.165, 1.54) is 26.0 Å². The number of esters is 2. The smallest absolute Gasteiger partial charge is 0.407 e. The van der Waals surface area contributed by atoms with Gasteiger partial charge < -0.3 is 44.5 Å². The number of alkyl carbamates (subject to hydrolysis) is 1. The molecule has 4 N–H and O–H groups in total. The van der Waals surface area contributed by atoms with E-state index < -0.39 is 85.7 Å². The number of hydrogen-bond acceptors (Lipinski definition) is 12. The standard InChI is InChI=1S/C42H42N2O12/c1-24(54-41-36(43-25(2)46)38(37(48)34(21-45)55-41)56-39(49)27-15-7-4-8-16-27)35(40(50)52-23-33(47)26-13-5-3-6-14-26)44-42(51)53-22-32-30-19-11-9-17-28(30)29-18-10-12-20-31(29)32/h3-20,24,32,34-38,41,45,48H,21-23H2,1-2H3,(H,43,46)(H,44,51)/t24-,34-,35+,36-,37+,38-,41+/m1/s1. The minimum Gasteiger partial charge on any atom is -0.456 e. The first-order valence-corrected chi connectivity index (χ1v) is 18.0. The van der Waals surface area contributed by atoms with Gasteiger partial charge in [0.15, 0.2) is 30.8 Å². The van der Waals surface area contributed by atoms with Crippen molar-refractivity contribution in [2.75, 3.05) is 19.8 Å². The second kappa shape index (κ2) is 18.1. The van der Waals surface area contributed by atoms with Crippen LogP contribution in [0.1, 0.15) is 51.6 Å². The molecule has 1 aliphatic carbocycles. The molecule has 0 spiro atoms. The first-order chi connectivity index (χ1) is 27.0. The zero-order valence-electron chi connectivity index (χ0n) is 30.6. The molecule has 292 valence electrons. The van der Waals surface area contributed by atoms with Gasteiger partial charge in [-0.15, -0.1) is 0 Å². The maximum absolute atomic E-state index is 13.7. The number of aliphatic hydroxyl groups excluding tert-OH is 2. The van der Waals surface area contributed by atoms with E-state index in [1.807, 2.05) is 48.5 Å².